The summed E-state index contributed by atoms with van der Waals surface area (Å²) in [6.07, 6.45) is 0.379. The lowest BCUT2D eigenvalue weighted by atomic mass is 10.2. The van der Waals surface area contributed by atoms with Gasteiger partial charge in [-0.2, -0.15) is 5.10 Å². The Bertz CT molecular complexity index is 694. The van der Waals surface area contributed by atoms with E-state index >= 15 is 0 Å². The van der Waals surface area contributed by atoms with E-state index in [9.17, 15) is 9.59 Å². The molecule has 20 heavy (non-hydrogen) atoms. The molecule has 2 aromatic rings. The molecule has 0 spiro atoms. The normalized spacial score (nSPS) is 10.5. The van der Waals surface area contributed by atoms with Crippen molar-refractivity contribution in [2.24, 2.45) is 0 Å². The molecule has 1 aromatic carbocycles. The fraction of sp³-hybridized carbons (Fsp3) is 0.154. The molecule has 2 rings (SSSR count). The largest absolute Gasteiger partial charge is 0.478 e. The van der Waals surface area contributed by atoms with E-state index in [1.807, 2.05) is 0 Å². The number of hydrogen-bond donors (Lipinski definition) is 2. The number of halogens is 1. The summed E-state index contributed by atoms with van der Waals surface area (Å²) in [5, 5.41) is 22.3. The van der Waals surface area contributed by atoms with Crippen LogP contribution < -0.4 is 0 Å². The summed E-state index contributed by atoms with van der Waals surface area (Å²) in [4.78, 5) is 22.4. The number of hydrogen-bond acceptors (Lipinski definition) is 3. The van der Waals surface area contributed by atoms with E-state index in [1.54, 1.807) is 19.1 Å². The summed E-state index contributed by atoms with van der Waals surface area (Å²) in [6.45, 7) is 1.75. The number of aromatic carboxylic acids is 2. The van der Waals surface area contributed by atoms with Crippen molar-refractivity contribution in [2.75, 3.05) is 0 Å². The molecule has 2 N–H and O–H groups in total. The van der Waals surface area contributed by atoms with Crippen LogP contribution in [0.25, 0.3) is 5.69 Å². The first kappa shape index (κ1) is 14.1. The summed E-state index contributed by atoms with van der Waals surface area (Å²) in [7, 11) is 0. The third-order valence-corrected chi connectivity index (χ3v) is 3.16. The van der Waals surface area contributed by atoms with Gasteiger partial charge in [0.2, 0.25) is 0 Å². The molecule has 0 bridgehead atoms. The molecule has 0 fully saturated rings. The number of carbonyl (C=O) groups is 2. The zero-order valence-corrected chi connectivity index (χ0v) is 11.3. The lowest BCUT2D eigenvalue weighted by Gasteiger charge is -2.06. The van der Waals surface area contributed by atoms with Crippen LogP contribution >= 0.6 is 11.6 Å². The van der Waals surface area contributed by atoms with Crippen LogP contribution in [0.5, 0.6) is 0 Å². The highest BCUT2D eigenvalue weighted by Gasteiger charge is 2.23. The zero-order valence-electron chi connectivity index (χ0n) is 10.5. The van der Waals surface area contributed by atoms with E-state index in [4.69, 9.17) is 21.8 Å². The summed E-state index contributed by atoms with van der Waals surface area (Å²) in [5.74, 6) is -2.33. The fourth-order valence-electron chi connectivity index (χ4n) is 1.90. The Morgan fingerprint density at radius 3 is 2.40 bits per heavy atom. The number of carboxylic acids is 2. The third-order valence-electron chi connectivity index (χ3n) is 2.81. The average Bonchev–Trinajstić information content (AvgIpc) is 2.75. The van der Waals surface area contributed by atoms with Gasteiger partial charge < -0.3 is 10.2 Å². The van der Waals surface area contributed by atoms with Crippen molar-refractivity contribution in [1.29, 1.82) is 0 Å². The monoisotopic (exact) mass is 294 g/mol. The Kier molecular flexibility index (Phi) is 3.76. The number of para-hydroxylation sites is 1. The van der Waals surface area contributed by atoms with Crippen molar-refractivity contribution < 1.29 is 19.8 Å². The molecule has 0 aliphatic rings. The van der Waals surface area contributed by atoms with Crippen molar-refractivity contribution in [1.82, 2.24) is 9.78 Å². The molecule has 0 radical (unpaired) electrons. The maximum atomic E-state index is 11.2. The Balaban J connectivity index is 2.72. The molecular weight excluding hydrogens is 284 g/mol. The van der Waals surface area contributed by atoms with Crippen LogP contribution in [0, 0.1) is 0 Å². The second-order valence-electron chi connectivity index (χ2n) is 4.01. The number of aromatic nitrogens is 2. The molecule has 6 nitrogen and oxygen atoms in total. The highest BCUT2D eigenvalue weighted by molar-refractivity contribution is 6.33. The molecule has 1 heterocycles. The van der Waals surface area contributed by atoms with Crippen LogP contribution in [0.1, 0.15) is 33.3 Å². The van der Waals surface area contributed by atoms with Gasteiger partial charge in [-0.3, -0.25) is 0 Å². The van der Waals surface area contributed by atoms with Gasteiger partial charge in [-0.15, -0.1) is 0 Å². The summed E-state index contributed by atoms with van der Waals surface area (Å²) in [5.41, 5.74) is 0.431. The smallest absolute Gasteiger partial charge is 0.340 e. The van der Waals surface area contributed by atoms with Gasteiger partial charge in [-0.25, -0.2) is 14.3 Å². The predicted molar refractivity (Wildman–Crippen MR) is 71.9 cm³/mol. The minimum absolute atomic E-state index is 0.00325. The predicted octanol–water partition coefficient (Wildman–Crippen LogP) is 2.48. The molecule has 0 saturated heterocycles. The van der Waals surface area contributed by atoms with E-state index in [1.165, 1.54) is 12.1 Å². The molecule has 0 aliphatic heterocycles. The van der Waals surface area contributed by atoms with Crippen LogP contribution in [0.4, 0.5) is 0 Å². The van der Waals surface area contributed by atoms with E-state index in [-0.39, 0.29) is 22.0 Å². The van der Waals surface area contributed by atoms with Gasteiger partial charge in [0, 0.05) is 0 Å². The molecule has 1 aromatic heterocycles. The molecule has 0 amide bonds. The Labute approximate surface area is 119 Å². The van der Waals surface area contributed by atoms with E-state index in [0.29, 0.717) is 12.1 Å². The van der Waals surface area contributed by atoms with Crippen molar-refractivity contribution in [2.45, 2.75) is 13.3 Å². The highest BCUT2D eigenvalue weighted by atomic mass is 35.5. The van der Waals surface area contributed by atoms with Crippen molar-refractivity contribution in [3.63, 3.8) is 0 Å². The van der Waals surface area contributed by atoms with Crippen LogP contribution in [0.15, 0.2) is 24.3 Å². The molecular formula is C13H11ClN2O4. The average molecular weight is 295 g/mol. The van der Waals surface area contributed by atoms with Gasteiger partial charge in [-0.1, -0.05) is 30.7 Å². The minimum Gasteiger partial charge on any atom is -0.478 e. The maximum Gasteiger partial charge on any atom is 0.340 e. The second-order valence-corrected chi connectivity index (χ2v) is 4.36. The van der Waals surface area contributed by atoms with Gasteiger partial charge in [-0.05, 0) is 18.6 Å². The Morgan fingerprint density at radius 2 is 1.90 bits per heavy atom. The van der Waals surface area contributed by atoms with Crippen molar-refractivity contribution in [3.05, 3.63) is 46.2 Å². The van der Waals surface area contributed by atoms with Gasteiger partial charge in [0.05, 0.1) is 16.9 Å². The van der Waals surface area contributed by atoms with Crippen molar-refractivity contribution in [3.8, 4) is 5.69 Å². The molecule has 0 atom stereocenters. The number of nitrogens with zero attached hydrogens (tertiary/aromatic N) is 2. The number of aryl methyl sites for hydroxylation is 1. The minimum atomic E-state index is -1.19. The first-order chi connectivity index (χ1) is 9.47. The zero-order chi connectivity index (χ0) is 14.9. The van der Waals surface area contributed by atoms with Gasteiger partial charge in [0.25, 0.3) is 0 Å². The fourth-order valence-corrected chi connectivity index (χ4v) is 2.22. The maximum absolute atomic E-state index is 11.2. The lowest BCUT2D eigenvalue weighted by Crippen LogP contribution is -2.07. The SMILES string of the molecule is CCc1nn(-c2ccccc2C(=O)O)c(Cl)c1C(=O)O. The molecule has 104 valence electrons. The second kappa shape index (κ2) is 5.34. The summed E-state index contributed by atoms with van der Waals surface area (Å²) in [6, 6.07) is 6.13. The highest BCUT2D eigenvalue weighted by Crippen LogP contribution is 2.26. The summed E-state index contributed by atoms with van der Waals surface area (Å²) >= 11 is 6.04. The first-order valence-corrected chi connectivity index (χ1v) is 6.18. The van der Waals surface area contributed by atoms with E-state index in [0.717, 1.165) is 4.68 Å². The van der Waals surface area contributed by atoms with Crippen LogP contribution in [-0.2, 0) is 6.42 Å². The van der Waals surface area contributed by atoms with Gasteiger partial charge in [0.15, 0.2) is 0 Å². The van der Waals surface area contributed by atoms with E-state index < -0.39 is 11.9 Å². The topological polar surface area (TPSA) is 92.4 Å². The number of benzene rings is 1. The lowest BCUT2D eigenvalue weighted by molar-refractivity contribution is 0.0686. The van der Waals surface area contributed by atoms with Crippen LogP contribution in [0.3, 0.4) is 0 Å². The van der Waals surface area contributed by atoms with Crippen molar-refractivity contribution >= 4 is 23.5 Å². The molecule has 7 heteroatoms. The molecule has 0 aliphatic carbocycles. The van der Waals surface area contributed by atoms with Gasteiger partial charge in [0.1, 0.15) is 10.7 Å². The van der Waals surface area contributed by atoms with Crippen LogP contribution in [-0.4, -0.2) is 31.9 Å². The van der Waals surface area contributed by atoms with Gasteiger partial charge >= 0.3 is 11.9 Å². The first-order valence-electron chi connectivity index (χ1n) is 5.80. The third kappa shape index (κ3) is 2.25. The van der Waals surface area contributed by atoms with Crippen LogP contribution in [0.2, 0.25) is 5.15 Å². The summed E-state index contributed by atoms with van der Waals surface area (Å²) < 4.78 is 1.15. The Hall–Kier alpha value is -2.34. The molecule has 0 unspecified atom stereocenters. The number of rotatable bonds is 4. The quantitative estimate of drug-likeness (QED) is 0.903. The molecule has 0 saturated carbocycles. The Morgan fingerprint density at radius 1 is 1.25 bits per heavy atom. The number of carboxylic acid groups (broad SMARTS) is 2. The standard InChI is InChI=1S/C13H11ClN2O4/c1-2-8-10(13(19)20)11(14)16(15-8)9-6-4-3-5-7(9)12(17)18/h3-6H,2H2,1H3,(H,17,18)(H,19,20). The van der Waals surface area contributed by atoms with E-state index in [2.05, 4.69) is 5.10 Å².